The number of benzene rings is 1. The molecule has 1 N–H and O–H groups in total. The fourth-order valence-corrected chi connectivity index (χ4v) is 3.07. The number of pyridine rings is 2. The van der Waals surface area contributed by atoms with Gasteiger partial charge in [-0.15, -0.1) is 0 Å². The lowest BCUT2D eigenvalue weighted by Gasteiger charge is -2.08. The Balaban J connectivity index is 1.79. The standard InChI is InChI=1S/C15H11Br2N3/c16-11-7-13(17)15(20-8-11)9-19-12-3-4-14-10(6-12)2-1-5-18-14/h1-8,19H,9H2. The van der Waals surface area contributed by atoms with Crippen LogP contribution in [0.15, 0.2) is 57.7 Å². The number of hydrogen-bond acceptors (Lipinski definition) is 3. The summed E-state index contributed by atoms with van der Waals surface area (Å²) >= 11 is 6.92. The summed E-state index contributed by atoms with van der Waals surface area (Å²) in [6.07, 6.45) is 3.60. The van der Waals surface area contributed by atoms with E-state index in [-0.39, 0.29) is 0 Å². The van der Waals surface area contributed by atoms with Gasteiger partial charge in [0.1, 0.15) is 0 Å². The minimum Gasteiger partial charge on any atom is -0.379 e. The fourth-order valence-electron chi connectivity index (χ4n) is 1.94. The first-order valence-corrected chi connectivity index (χ1v) is 7.69. The largest absolute Gasteiger partial charge is 0.379 e. The summed E-state index contributed by atoms with van der Waals surface area (Å²) in [6, 6.07) is 12.1. The van der Waals surface area contributed by atoms with Gasteiger partial charge < -0.3 is 5.32 Å². The van der Waals surface area contributed by atoms with E-state index in [1.807, 2.05) is 24.3 Å². The molecule has 5 heteroatoms. The average molecular weight is 393 g/mol. The number of anilines is 1. The van der Waals surface area contributed by atoms with Crippen molar-refractivity contribution < 1.29 is 0 Å². The van der Waals surface area contributed by atoms with Crippen LogP contribution >= 0.6 is 31.9 Å². The van der Waals surface area contributed by atoms with Gasteiger partial charge in [0.05, 0.1) is 17.8 Å². The molecule has 1 aromatic carbocycles. The summed E-state index contributed by atoms with van der Waals surface area (Å²) in [5.74, 6) is 0. The summed E-state index contributed by atoms with van der Waals surface area (Å²) in [5, 5.41) is 4.50. The van der Waals surface area contributed by atoms with Gasteiger partial charge in [0.15, 0.2) is 0 Å². The summed E-state index contributed by atoms with van der Waals surface area (Å²) < 4.78 is 1.95. The molecule has 20 heavy (non-hydrogen) atoms. The SMILES string of the molecule is Brc1cnc(CNc2ccc3ncccc3c2)c(Br)c1. The van der Waals surface area contributed by atoms with Crippen molar-refractivity contribution in [3.05, 3.63) is 63.4 Å². The van der Waals surface area contributed by atoms with Crippen molar-refractivity contribution in [3.63, 3.8) is 0 Å². The van der Waals surface area contributed by atoms with Crippen molar-refractivity contribution in [1.82, 2.24) is 9.97 Å². The molecule has 0 spiro atoms. The average Bonchev–Trinajstić information content (AvgIpc) is 2.46. The van der Waals surface area contributed by atoms with E-state index in [9.17, 15) is 0 Å². The number of hydrogen-bond donors (Lipinski definition) is 1. The van der Waals surface area contributed by atoms with Crippen LogP contribution in [0.4, 0.5) is 5.69 Å². The molecule has 3 nitrogen and oxygen atoms in total. The number of nitrogens with one attached hydrogen (secondary N) is 1. The van der Waals surface area contributed by atoms with E-state index in [0.717, 1.165) is 31.2 Å². The van der Waals surface area contributed by atoms with E-state index in [2.05, 4.69) is 59.3 Å². The van der Waals surface area contributed by atoms with E-state index in [1.165, 1.54) is 0 Å². The Morgan fingerprint density at radius 2 is 1.95 bits per heavy atom. The predicted molar refractivity (Wildman–Crippen MR) is 88.7 cm³/mol. The van der Waals surface area contributed by atoms with Crippen LogP contribution in [0.1, 0.15) is 5.69 Å². The zero-order valence-electron chi connectivity index (χ0n) is 10.5. The predicted octanol–water partition coefficient (Wildman–Crippen LogP) is 4.77. The van der Waals surface area contributed by atoms with Crippen LogP contribution in [-0.4, -0.2) is 9.97 Å². The molecule has 0 bridgehead atoms. The molecule has 0 saturated carbocycles. The van der Waals surface area contributed by atoms with Crippen LogP contribution in [0.5, 0.6) is 0 Å². The quantitative estimate of drug-likeness (QED) is 0.697. The molecule has 0 atom stereocenters. The van der Waals surface area contributed by atoms with Crippen LogP contribution in [0, 0.1) is 0 Å². The van der Waals surface area contributed by atoms with Gasteiger partial charge in [0.2, 0.25) is 0 Å². The van der Waals surface area contributed by atoms with E-state index in [4.69, 9.17) is 0 Å². The normalized spacial score (nSPS) is 10.7. The number of halogens is 2. The third kappa shape index (κ3) is 2.99. The molecule has 3 rings (SSSR count). The fraction of sp³-hybridized carbons (Fsp3) is 0.0667. The first-order chi connectivity index (χ1) is 9.72. The lowest BCUT2D eigenvalue weighted by atomic mass is 10.2. The molecule has 0 aliphatic carbocycles. The van der Waals surface area contributed by atoms with E-state index in [0.29, 0.717) is 6.54 Å². The van der Waals surface area contributed by atoms with Gasteiger partial charge in [-0.1, -0.05) is 6.07 Å². The highest BCUT2D eigenvalue weighted by atomic mass is 79.9. The molecule has 0 aliphatic heterocycles. The Hall–Kier alpha value is -1.46. The van der Waals surface area contributed by atoms with Gasteiger partial charge in [0.25, 0.3) is 0 Å². The van der Waals surface area contributed by atoms with Crippen LogP contribution in [0.3, 0.4) is 0 Å². The first-order valence-electron chi connectivity index (χ1n) is 6.11. The van der Waals surface area contributed by atoms with Crippen molar-refractivity contribution >= 4 is 48.5 Å². The summed E-state index contributed by atoms with van der Waals surface area (Å²) in [7, 11) is 0. The third-order valence-corrected chi connectivity index (χ3v) is 4.07. The van der Waals surface area contributed by atoms with Crippen molar-refractivity contribution in [2.45, 2.75) is 6.54 Å². The van der Waals surface area contributed by atoms with Gasteiger partial charge in [-0.25, -0.2) is 0 Å². The second kappa shape index (κ2) is 5.89. The van der Waals surface area contributed by atoms with Crippen molar-refractivity contribution in [3.8, 4) is 0 Å². The van der Waals surface area contributed by atoms with Gasteiger partial charge in [-0.2, -0.15) is 0 Å². The van der Waals surface area contributed by atoms with E-state index < -0.39 is 0 Å². The Bertz CT molecular complexity index is 759. The maximum Gasteiger partial charge on any atom is 0.0737 e. The first kappa shape index (κ1) is 13.5. The monoisotopic (exact) mass is 391 g/mol. The Labute approximate surface area is 133 Å². The van der Waals surface area contributed by atoms with Crippen LogP contribution in [0.2, 0.25) is 0 Å². The molecule has 0 saturated heterocycles. The van der Waals surface area contributed by atoms with Crippen molar-refractivity contribution in [2.75, 3.05) is 5.32 Å². The Morgan fingerprint density at radius 3 is 2.80 bits per heavy atom. The summed E-state index contributed by atoms with van der Waals surface area (Å²) in [5.41, 5.74) is 3.03. The number of nitrogens with zero attached hydrogens (tertiary/aromatic N) is 2. The number of fused-ring (bicyclic) bond motifs is 1. The zero-order chi connectivity index (χ0) is 13.9. The summed E-state index contributed by atoms with van der Waals surface area (Å²) in [6.45, 7) is 0.666. The molecular weight excluding hydrogens is 382 g/mol. The lowest BCUT2D eigenvalue weighted by molar-refractivity contribution is 1.03. The second-order valence-electron chi connectivity index (χ2n) is 4.35. The second-order valence-corrected chi connectivity index (χ2v) is 6.12. The smallest absolute Gasteiger partial charge is 0.0737 e. The molecule has 0 amide bonds. The molecule has 100 valence electrons. The van der Waals surface area contributed by atoms with Crippen LogP contribution in [-0.2, 0) is 6.54 Å². The lowest BCUT2D eigenvalue weighted by Crippen LogP contribution is -2.02. The molecule has 0 unspecified atom stereocenters. The van der Waals surface area contributed by atoms with Crippen LogP contribution in [0.25, 0.3) is 10.9 Å². The van der Waals surface area contributed by atoms with Gasteiger partial charge in [-0.3, -0.25) is 9.97 Å². The van der Waals surface area contributed by atoms with Gasteiger partial charge in [-0.05, 0) is 62.2 Å². The molecule has 0 radical (unpaired) electrons. The summed E-state index contributed by atoms with van der Waals surface area (Å²) in [4.78, 5) is 8.70. The number of aromatic nitrogens is 2. The molecular formula is C15H11Br2N3. The topological polar surface area (TPSA) is 37.8 Å². The maximum atomic E-state index is 4.39. The minimum absolute atomic E-state index is 0.666. The van der Waals surface area contributed by atoms with Crippen LogP contribution < -0.4 is 5.32 Å². The van der Waals surface area contributed by atoms with Gasteiger partial charge in [0, 0.05) is 32.4 Å². The Kier molecular flexibility index (Phi) is 3.98. The van der Waals surface area contributed by atoms with Gasteiger partial charge >= 0.3 is 0 Å². The number of rotatable bonds is 3. The Morgan fingerprint density at radius 1 is 1.05 bits per heavy atom. The highest BCUT2D eigenvalue weighted by Crippen LogP contribution is 2.22. The van der Waals surface area contributed by atoms with E-state index >= 15 is 0 Å². The highest BCUT2D eigenvalue weighted by Gasteiger charge is 2.03. The molecule has 2 aromatic heterocycles. The van der Waals surface area contributed by atoms with Crippen molar-refractivity contribution in [2.24, 2.45) is 0 Å². The molecule has 2 heterocycles. The molecule has 0 fully saturated rings. The third-order valence-electron chi connectivity index (χ3n) is 2.95. The molecule has 3 aromatic rings. The van der Waals surface area contributed by atoms with E-state index in [1.54, 1.807) is 12.4 Å². The highest BCUT2D eigenvalue weighted by molar-refractivity contribution is 9.11. The van der Waals surface area contributed by atoms with Crippen molar-refractivity contribution in [1.29, 1.82) is 0 Å². The molecule has 0 aliphatic rings. The minimum atomic E-state index is 0.666. The maximum absolute atomic E-state index is 4.39. The zero-order valence-corrected chi connectivity index (χ0v) is 13.6.